The second-order valence-corrected chi connectivity index (χ2v) is 5.92. The minimum atomic E-state index is 0.654. The smallest absolute Gasteiger partial charge is 0.0462 e. The highest BCUT2D eigenvalue weighted by Crippen LogP contribution is 2.24. The van der Waals surface area contributed by atoms with Gasteiger partial charge in [0.15, 0.2) is 0 Å². The Hall–Kier alpha value is -0.380. The van der Waals surface area contributed by atoms with Crippen LogP contribution in [-0.2, 0) is 17.6 Å². The molecule has 0 aliphatic heterocycles. The maximum atomic E-state index is 5.06. The Labute approximate surface area is 118 Å². The normalized spacial score (nSPS) is 18.7. The van der Waals surface area contributed by atoms with Crippen LogP contribution in [-0.4, -0.2) is 26.3 Å². The lowest BCUT2D eigenvalue weighted by Gasteiger charge is -2.25. The molecule has 0 aromatic heterocycles. The Morgan fingerprint density at radius 2 is 2.22 bits per heavy atom. The molecule has 18 heavy (non-hydrogen) atoms. The predicted octanol–water partition coefficient (Wildman–Crippen LogP) is 3.32. The zero-order valence-corrected chi connectivity index (χ0v) is 12.6. The first-order valence-corrected chi connectivity index (χ1v) is 7.58. The van der Waals surface area contributed by atoms with Crippen LogP contribution in [0.5, 0.6) is 0 Å². The molecule has 1 aliphatic carbocycles. The third kappa shape index (κ3) is 4.08. The molecule has 3 heteroatoms. The van der Waals surface area contributed by atoms with Gasteiger partial charge >= 0.3 is 0 Å². The standard InChI is InChI=1S/C15H22BrNO/c1-18-9-3-2-8-17-15-7-5-12-10-14(16)6-4-13(12)11-15/h4,6,10,15,17H,2-3,5,7-9,11H2,1H3. The highest BCUT2D eigenvalue weighted by molar-refractivity contribution is 9.10. The van der Waals surface area contributed by atoms with E-state index in [9.17, 15) is 0 Å². The van der Waals surface area contributed by atoms with E-state index in [4.69, 9.17) is 4.74 Å². The molecule has 2 nitrogen and oxygen atoms in total. The lowest BCUT2D eigenvalue weighted by Crippen LogP contribution is -2.35. The molecule has 0 amide bonds. The molecule has 0 saturated carbocycles. The third-order valence-electron chi connectivity index (χ3n) is 3.61. The average Bonchev–Trinajstić information content (AvgIpc) is 2.38. The van der Waals surface area contributed by atoms with Crippen LogP contribution in [0.15, 0.2) is 22.7 Å². The Morgan fingerprint density at radius 1 is 1.33 bits per heavy atom. The lowest BCUT2D eigenvalue weighted by molar-refractivity contribution is 0.192. The van der Waals surface area contributed by atoms with Gasteiger partial charge in [-0.1, -0.05) is 22.0 Å². The van der Waals surface area contributed by atoms with E-state index in [1.807, 2.05) is 0 Å². The van der Waals surface area contributed by atoms with Crippen LogP contribution in [0.3, 0.4) is 0 Å². The monoisotopic (exact) mass is 311 g/mol. The fraction of sp³-hybridized carbons (Fsp3) is 0.600. The summed E-state index contributed by atoms with van der Waals surface area (Å²) in [4.78, 5) is 0. The fourth-order valence-corrected chi connectivity index (χ4v) is 2.98. The summed E-state index contributed by atoms with van der Waals surface area (Å²) in [6, 6.07) is 7.34. The lowest BCUT2D eigenvalue weighted by atomic mass is 9.88. The van der Waals surface area contributed by atoms with Crippen LogP contribution in [0.2, 0.25) is 0 Å². The van der Waals surface area contributed by atoms with Gasteiger partial charge in [-0.05, 0) is 61.9 Å². The number of hydrogen-bond acceptors (Lipinski definition) is 2. The van der Waals surface area contributed by atoms with Crippen LogP contribution < -0.4 is 5.32 Å². The zero-order valence-electron chi connectivity index (χ0n) is 11.0. The Morgan fingerprint density at radius 3 is 3.06 bits per heavy atom. The molecule has 0 radical (unpaired) electrons. The Bertz CT molecular complexity index is 381. The van der Waals surface area contributed by atoms with Gasteiger partial charge in [-0.25, -0.2) is 0 Å². The minimum absolute atomic E-state index is 0.654. The zero-order chi connectivity index (χ0) is 12.8. The van der Waals surface area contributed by atoms with Crippen molar-refractivity contribution in [3.05, 3.63) is 33.8 Å². The van der Waals surface area contributed by atoms with Crippen molar-refractivity contribution in [2.45, 2.75) is 38.1 Å². The topological polar surface area (TPSA) is 21.3 Å². The maximum absolute atomic E-state index is 5.06. The fourth-order valence-electron chi connectivity index (χ4n) is 2.58. The molecule has 1 aliphatic rings. The van der Waals surface area contributed by atoms with Crippen molar-refractivity contribution in [2.24, 2.45) is 0 Å². The Balaban J connectivity index is 1.76. The van der Waals surface area contributed by atoms with E-state index < -0.39 is 0 Å². The van der Waals surface area contributed by atoms with Gasteiger partial charge in [0.05, 0.1) is 0 Å². The van der Waals surface area contributed by atoms with Gasteiger partial charge in [0.2, 0.25) is 0 Å². The molecule has 1 unspecified atom stereocenters. The molecule has 1 atom stereocenters. The molecule has 0 saturated heterocycles. The van der Waals surface area contributed by atoms with Crippen molar-refractivity contribution in [2.75, 3.05) is 20.3 Å². The third-order valence-corrected chi connectivity index (χ3v) is 4.10. The quantitative estimate of drug-likeness (QED) is 0.814. The van der Waals surface area contributed by atoms with E-state index in [0.29, 0.717) is 6.04 Å². The van der Waals surface area contributed by atoms with Crippen LogP contribution in [0.4, 0.5) is 0 Å². The summed E-state index contributed by atoms with van der Waals surface area (Å²) in [6.45, 7) is 1.99. The molecule has 1 aromatic carbocycles. The van der Waals surface area contributed by atoms with E-state index in [1.54, 1.807) is 7.11 Å². The summed E-state index contributed by atoms with van der Waals surface area (Å²) in [5, 5.41) is 3.67. The largest absolute Gasteiger partial charge is 0.385 e. The summed E-state index contributed by atoms with van der Waals surface area (Å²) in [7, 11) is 1.77. The van der Waals surface area contributed by atoms with E-state index in [1.165, 1.54) is 41.3 Å². The number of fused-ring (bicyclic) bond motifs is 1. The van der Waals surface area contributed by atoms with Crippen LogP contribution in [0.25, 0.3) is 0 Å². The number of hydrogen-bond donors (Lipinski definition) is 1. The molecular weight excluding hydrogens is 290 g/mol. The minimum Gasteiger partial charge on any atom is -0.385 e. The highest BCUT2D eigenvalue weighted by atomic mass is 79.9. The second kappa shape index (κ2) is 7.27. The van der Waals surface area contributed by atoms with Crippen molar-refractivity contribution < 1.29 is 4.74 Å². The molecule has 1 aromatic rings. The van der Waals surface area contributed by atoms with Gasteiger partial charge in [-0.3, -0.25) is 0 Å². The predicted molar refractivity (Wildman–Crippen MR) is 79.1 cm³/mol. The van der Waals surface area contributed by atoms with Crippen molar-refractivity contribution in [1.29, 1.82) is 0 Å². The van der Waals surface area contributed by atoms with Gasteiger partial charge in [0.1, 0.15) is 0 Å². The number of halogens is 1. The van der Waals surface area contributed by atoms with Crippen LogP contribution in [0.1, 0.15) is 30.4 Å². The average molecular weight is 312 g/mol. The molecule has 0 heterocycles. The summed E-state index contributed by atoms with van der Waals surface area (Å²) >= 11 is 3.54. The number of benzene rings is 1. The van der Waals surface area contributed by atoms with E-state index in [2.05, 4.69) is 39.4 Å². The van der Waals surface area contributed by atoms with Gasteiger partial charge in [-0.15, -0.1) is 0 Å². The Kier molecular flexibility index (Phi) is 5.67. The number of unbranched alkanes of at least 4 members (excludes halogenated alkanes) is 1. The molecule has 0 spiro atoms. The first-order valence-electron chi connectivity index (χ1n) is 6.79. The van der Waals surface area contributed by atoms with E-state index in [0.717, 1.165) is 19.6 Å². The van der Waals surface area contributed by atoms with Gasteiger partial charge in [0, 0.05) is 24.2 Å². The SMILES string of the molecule is COCCCCNC1CCc2cc(Br)ccc2C1. The van der Waals surface area contributed by atoms with Gasteiger partial charge in [-0.2, -0.15) is 0 Å². The van der Waals surface area contributed by atoms with E-state index in [-0.39, 0.29) is 0 Å². The summed E-state index contributed by atoms with van der Waals surface area (Å²) in [5.74, 6) is 0. The number of ether oxygens (including phenoxy) is 1. The summed E-state index contributed by atoms with van der Waals surface area (Å²) in [6.07, 6.45) is 5.99. The highest BCUT2D eigenvalue weighted by Gasteiger charge is 2.17. The van der Waals surface area contributed by atoms with Crippen molar-refractivity contribution in [1.82, 2.24) is 5.32 Å². The summed E-state index contributed by atoms with van der Waals surface area (Å²) < 4.78 is 6.26. The summed E-state index contributed by atoms with van der Waals surface area (Å²) in [5.41, 5.74) is 3.03. The van der Waals surface area contributed by atoms with Crippen LogP contribution in [0, 0.1) is 0 Å². The van der Waals surface area contributed by atoms with E-state index >= 15 is 0 Å². The molecule has 1 N–H and O–H groups in total. The second-order valence-electron chi connectivity index (χ2n) is 5.01. The maximum Gasteiger partial charge on any atom is 0.0462 e. The molecule has 100 valence electrons. The van der Waals surface area contributed by atoms with Crippen molar-refractivity contribution in [3.63, 3.8) is 0 Å². The van der Waals surface area contributed by atoms with Gasteiger partial charge in [0.25, 0.3) is 0 Å². The molecular formula is C15H22BrNO. The first kappa shape index (κ1) is 14.0. The first-order chi connectivity index (χ1) is 8.79. The number of methoxy groups -OCH3 is 1. The number of nitrogens with one attached hydrogen (secondary N) is 1. The number of rotatable bonds is 6. The van der Waals surface area contributed by atoms with Crippen molar-refractivity contribution >= 4 is 15.9 Å². The van der Waals surface area contributed by atoms with Gasteiger partial charge < -0.3 is 10.1 Å². The molecule has 0 fully saturated rings. The van der Waals surface area contributed by atoms with Crippen molar-refractivity contribution in [3.8, 4) is 0 Å². The van der Waals surface area contributed by atoms with Crippen LogP contribution >= 0.6 is 15.9 Å². The number of aryl methyl sites for hydroxylation is 1. The molecule has 2 rings (SSSR count). The molecule has 0 bridgehead atoms.